The van der Waals surface area contributed by atoms with E-state index >= 15 is 0 Å². The Labute approximate surface area is 117 Å². The molecule has 1 heterocycles. The fraction of sp³-hybridized carbons (Fsp3) is 0.167. The highest BCUT2D eigenvalue weighted by Gasteiger charge is 2.10. The van der Waals surface area contributed by atoms with E-state index in [4.69, 9.17) is 5.73 Å². The topological polar surface area (TPSA) is 68.0 Å². The van der Waals surface area contributed by atoms with Gasteiger partial charge in [0.25, 0.3) is 5.91 Å². The number of rotatable bonds is 3. The van der Waals surface area contributed by atoms with Crippen molar-refractivity contribution in [2.75, 3.05) is 5.73 Å². The number of thiazole rings is 1. The van der Waals surface area contributed by atoms with Crippen LogP contribution in [0.4, 0.5) is 5.69 Å². The first kappa shape index (κ1) is 13.0. The maximum atomic E-state index is 12.0. The largest absolute Gasteiger partial charge is 0.398 e. The van der Waals surface area contributed by atoms with Crippen molar-refractivity contribution >= 4 is 38.9 Å². The van der Waals surface area contributed by atoms with Gasteiger partial charge in [-0.15, -0.1) is 11.3 Å². The first-order chi connectivity index (χ1) is 8.56. The summed E-state index contributed by atoms with van der Waals surface area (Å²) in [6.45, 7) is 2.34. The smallest absolute Gasteiger partial charge is 0.253 e. The van der Waals surface area contributed by atoms with Crippen LogP contribution in [-0.2, 0) is 6.54 Å². The number of carbonyl (C=O) groups excluding carboxylic acids is 1. The van der Waals surface area contributed by atoms with Gasteiger partial charge in [-0.25, -0.2) is 4.98 Å². The first-order valence-corrected chi connectivity index (χ1v) is 6.98. The van der Waals surface area contributed by atoms with Crippen molar-refractivity contribution in [1.29, 1.82) is 0 Å². The SMILES string of the molecule is Cc1csc(CNC(=O)c2cc(Br)ccc2N)n1. The Morgan fingerprint density at radius 2 is 2.33 bits per heavy atom. The molecule has 0 atom stereocenters. The van der Waals surface area contributed by atoms with Crippen LogP contribution in [0.5, 0.6) is 0 Å². The number of anilines is 1. The van der Waals surface area contributed by atoms with Crippen molar-refractivity contribution in [2.45, 2.75) is 13.5 Å². The molecule has 0 bridgehead atoms. The average Bonchev–Trinajstić information content (AvgIpc) is 2.75. The number of aryl methyl sites for hydroxylation is 1. The van der Waals surface area contributed by atoms with Crippen LogP contribution in [0.15, 0.2) is 28.1 Å². The predicted octanol–water partition coefficient (Wildman–Crippen LogP) is 2.73. The summed E-state index contributed by atoms with van der Waals surface area (Å²) in [6.07, 6.45) is 0. The molecule has 2 rings (SSSR count). The van der Waals surface area contributed by atoms with Gasteiger partial charge in [-0.1, -0.05) is 15.9 Å². The molecule has 0 aliphatic heterocycles. The lowest BCUT2D eigenvalue weighted by molar-refractivity contribution is 0.0951. The number of nitrogen functional groups attached to an aromatic ring is 1. The molecular weight excluding hydrogens is 314 g/mol. The van der Waals surface area contributed by atoms with E-state index in [0.717, 1.165) is 15.2 Å². The molecule has 0 radical (unpaired) electrons. The van der Waals surface area contributed by atoms with E-state index in [1.54, 1.807) is 18.2 Å². The van der Waals surface area contributed by atoms with Gasteiger partial charge in [-0.3, -0.25) is 4.79 Å². The van der Waals surface area contributed by atoms with E-state index < -0.39 is 0 Å². The molecular formula is C12H12BrN3OS. The van der Waals surface area contributed by atoms with Crippen LogP contribution in [0.1, 0.15) is 21.1 Å². The zero-order valence-electron chi connectivity index (χ0n) is 9.74. The number of carbonyl (C=O) groups is 1. The standard InChI is InChI=1S/C12H12BrN3OS/c1-7-6-18-11(16-7)5-15-12(17)9-4-8(13)2-3-10(9)14/h2-4,6H,5,14H2,1H3,(H,15,17). The number of nitrogens with one attached hydrogen (secondary N) is 1. The Morgan fingerprint density at radius 1 is 1.56 bits per heavy atom. The summed E-state index contributed by atoms with van der Waals surface area (Å²) in [5.41, 5.74) is 7.67. The quantitative estimate of drug-likeness (QED) is 0.852. The second kappa shape index (κ2) is 5.49. The number of aromatic nitrogens is 1. The first-order valence-electron chi connectivity index (χ1n) is 5.30. The van der Waals surface area contributed by atoms with E-state index in [-0.39, 0.29) is 5.91 Å². The summed E-state index contributed by atoms with van der Waals surface area (Å²) >= 11 is 4.85. The predicted molar refractivity (Wildman–Crippen MR) is 76.6 cm³/mol. The van der Waals surface area contributed by atoms with Crippen molar-refractivity contribution in [2.24, 2.45) is 0 Å². The highest BCUT2D eigenvalue weighted by atomic mass is 79.9. The van der Waals surface area contributed by atoms with E-state index in [1.807, 2.05) is 12.3 Å². The minimum atomic E-state index is -0.193. The molecule has 18 heavy (non-hydrogen) atoms. The molecule has 1 aromatic heterocycles. The van der Waals surface area contributed by atoms with E-state index in [9.17, 15) is 4.79 Å². The van der Waals surface area contributed by atoms with Crippen molar-refractivity contribution in [1.82, 2.24) is 10.3 Å². The number of nitrogens with zero attached hydrogens (tertiary/aromatic N) is 1. The molecule has 0 unspecified atom stereocenters. The summed E-state index contributed by atoms with van der Waals surface area (Å²) in [6, 6.07) is 5.21. The number of nitrogens with two attached hydrogens (primary N) is 1. The fourth-order valence-electron chi connectivity index (χ4n) is 1.46. The van der Waals surface area contributed by atoms with Crippen LogP contribution in [0.25, 0.3) is 0 Å². The minimum absolute atomic E-state index is 0.193. The monoisotopic (exact) mass is 325 g/mol. The number of hydrogen-bond donors (Lipinski definition) is 2. The number of amides is 1. The summed E-state index contributed by atoms with van der Waals surface area (Å²) in [7, 11) is 0. The molecule has 0 saturated heterocycles. The van der Waals surface area contributed by atoms with Crippen LogP contribution in [0, 0.1) is 6.92 Å². The van der Waals surface area contributed by atoms with E-state index in [2.05, 4.69) is 26.2 Å². The third kappa shape index (κ3) is 3.08. The normalized spacial score (nSPS) is 10.3. The van der Waals surface area contributed by atoms with Gasteiger partial charge in [0.2, 0.25) is 0 Å². The van der Waals surface area contributed by atoms with Crippen LogP contribution < -0.4 is 11.1 Å². The average molecular weight is 326 g/mol. The molecule has 0 fully saturated rings. The Kier molecular flexibility index (Phi) is 3.98. The molecule has 0 aliphatic carbocycles. The third-order valence-electron chi connectivity index (χ3n) is 2.33. The molecule has 6 heteroatoms. The van der Waals surface area contributed by atoms with Gasteiger partial charge >= 0.3 is 0 Å². The van der Waals surface area contributed by atoms with Gasteiger partial charge in [0.15, 0.2) is 0 Å². The lowest BCUT2D eigenvalue weighted by Crippen LogP contribution is -2.23. The Balaban J connectivity index is 2.05. The fourth-order valence-corrected chi connectivity index (χ4v) is 2.53. The van der Waals surface area contributed by atoms with Crippen molar-refractivity contribution in [3.63, 3.8) is 0 Å². The molecule has 3 N–H and O–H groups in total. The van der Waals surface area contributed by atoms with Gasteiger partial charge in [-0.05, 0) is 25.1 Å². The van der Waals surface area contributed by atoms with Crippen LogP contribution in [0.3, 0.4) is 0 Å². The lowest BCUT2D eigenvalue weighted by atomic mass is 10.1. The minimum Gasteiger partial charge on any atom is -0.398 e. The maximum Gasteiger partial charge on any atom is 0.253 e. The molecule has 1 amide bonds. The molecule has 0 spiro atoms. The van der Waals surface area contributed by atoms with Crippen molar-refractivity contribution in [3.05, 3.63) is 44.3 Å². The Morgan fingerprint density at radius 3 is 3.00 bits per heavy atom. The van der Waals surface area contributed by atoms with Crippen molar-refractivity contribution in [3.8, 4) is 0 Å². The van der Waals surface area contributed by atoms with Crippen LogP contribution >= 0.6 is 27.3 Å². The van der Waals surface area contributed by atoms with E-state index in [1.165, 1.54) is 11.3 Å². The lowest BCUT2D eigenvalue weighted by Gasteiger charge is -2.06. The van der Waals surface area contributed by atoms with Crippen LogP contribution in [0.2, 0.25) is 0 Å². The molecule has 2 aromatic rings. The second-order valence-electron chi connectivity index (χ2n) is 3.80. The molecule has 0 saturated carbocycles. The number of benzene rings is 1. The van der Waals surface area contributed by atoms with Gasteiger partial charge in [0.1, 0.15) is 5.01 Å². The van der Waals surface area contributed by atoms with Gasteiger partial charge < -0.3 is 11.1 Å². The Bertz CT molecular complexity index is 582. The number of halogens is 1. The van der Waals surface area contributed by atoms with Crippen LogP contribution in [-0.4, -0.2) is 10.9 Å². The van der Waals surface area contributed by atoms with Gasteiger partial charge in [0.05, 0.1) is 12.1 Å². The second-order valence-corrected chi connectivity index (χ2v) is 5.66. The van der Waals surface area contributed by atoms with Gasteiger partial charge in [-0.2, -0.15) is 0 Å². The number of hydrogen-bond acceptors (Lipinski definition) is 4. The molecule has 1 aromatic carbocycles. The molecule has 4 nitrogen and oxygen atoms in total. The third-order valence-corrected chi connectivity index (χ3v) is 3.79. The summed E-state index contributed by atoms with van der Waals surface area (Å²) in [5, 5.41) is 5.64. The Hall–Kier alpha value is -1.40. The summed E-state index contributed by atoms with van der Waals surface area (Å²) in [5.74, 6) is -0.193. The maximum absolute atomic E-state index is 12.0. The van der Waals surface area contributed by atoms with Gasteiger partial charge in [0, 0.05) is 21.2 Å². The zero-order chi connectivity index (χ0) is 13.1. The van der Waals surface area contributed by atoms with E-state index in [0.29, 0.717) is 17.8 Å². The summed E-state index contributed by atoms with van der Waals surface area (Å²) < 4.78 is 0.826. The zero-order valence-corrected chi connectivity index (χ0v) is 12.1. The van der Waals surface area contributed by atoms with Crippen molar-refractivity contribution < 1.29 is 4.79 Å². The molecule has 0 aliphatic rings. The highest BCUT2D eigenvalue weighted by Crippen LogP contribution is 2.18. The summed E-state index contributed by atoms with van der Waals surface area (Å²) in [4.78, 5) is 16.2. The molecule has 94 valence electrons. The highest BCUT2D eigenvalue weighted by molar-refractivity contribution is 9.10.